The van der Waals surface area contributed by atoms with Gasteiger partial charge in [-0.15, -0.1) is 0 Å². The predicted octanol–water partition coefficient (Wildman–Crippen LogP) is 2.91. The Morgan fingerprint density at radius 3 is 2.55 bits per heavy atom. The molecule has 0 saturated carbocycles. The maximum absolute atomic E-state index is 11.8. The third-order valence-corrected chi connectivity index (χ3v) is 2.84. The van der Waals surface area contributed by atoms with E-state index in [1.807, 2.05) is 6.92 Å². The quantitative estimate of drug-likeness (QED) is 0.250. The van der Waals surface area contributed by atoms with E-state index in [-0.39, 0.29) is 6.61 Å². The van der Waals surface area contributed by atoms with E-state index >= 15 is 0 Å². The van der Waals surface area contributed by atoms with E-state index < -0.39 is 11.9 Å². The average Bonchev–Trinajstić information content (AvgIpc) is 2.47. The van der Waals surface area contributed by atoms with E-state index in [2.05, 4.69) is 20.8 Å². The van der Waals surface area contributed by atoms with E-state index in [0.717, 1.165) is 0 Å². The normalized spacial score (nSPS) is 10.2. The number of rotatable bonds is 7. The Labute approximate surface area is 126 Å². The molecule has 1 rings (SSSR count). The SMILES string of the molecule is CCOC(=O)c1ccc(C(=O)OOCCBr)c(CC)c1. The molecule has 6 heteroatoms. The van der Waals surface area contributed by atoms with Gasteiger partial charge in [0.25, 0.3) is 0 Å². The van der Waals surface area contributed by atoms with Crippen LogP contribution < -0.4 is 0 Å². The van der Waals surface area contributed by atoms with Gasteiger partial charge in [0.15, 0.2) is 0 Å². The van der Waals surface area contributed by atoms with Gasteiger partial charge < -0.3 is 4.74 Å². The van der Waals surface area contributed by atoms with Gasteiger partial charge in [-0.3, -0.25) is 4.89 Å². The van der Waals surface area contributed by atoms with Crippen LogP contribution >= 0.6 is 15.9 Å². The molecule has 0 aliphatic carbocycles. The Balaban J connectivity index is 2.87. The number of esters is 1. The van der Waals surface area contributed by atoms with Gasteiger partial charge in [0, 0.05) is 5.33 Å². The zero-order chi connectivity index (χ0) is 15.0. The van der Waals surface area contributed by atoms with Gasteiger partial charge in [-0.2, -0.15) is 4.89 Å². The highest BCUT2D eigenvalue weighted by Crippen LogP contribution is 2.15. The van der Waals surface area contributed by atoms with Crippen LogP contribution in [0, 0.1) is 0 Å². The second-order valence-corrected chi connectivity index (χ2v) is 4.62. The first kappa shape index (κ1) is 16.7. The fourth-order valence-corrected chi connectivity index (χ4v) is 1.73. The number of ether oxygens (including phenoxy) is 1. The first-order valence-electron chi connectivity index (χ1n) is 6.33. The van der Waals surface area contributed by atoms with E-state index in [4.69, 9.17) is 9.62 Å². The molecule has 0 heterocycles. The molecular weight excluding hydrogens is 328 g/mol. The van der Waals surface area contributed by atoms with E-state index in [0.29, 0.717) is 35.0 Å². The fourth-order valence-electron chi connectivity index (χ4n) is 1.60. The first-order chi connectivity index (χ1) is 9.63. The van der Waals surface area contributed by atoms with Crippen LogP contribution in [0.4, 0.5) is 0 Å². The van der Waals surface area contributed by atoms with Crippen molar-refractivity contribution in [3.63, 3.8) is 0 Å². The van der Waals surface area contributed by atoms with Crippen molar-refractivity contribution in [2.24, 2.45) is 0 Å². The third-order valence-electron chi connectivity index (χ3n) is 2.51. The lowest BCUT2D eigenvalue weighted by Crippen LogP contribution is -2.12. The fraction of sp³-hybridized carbons (Fsp3) is 0.429. The summed E-state index contributed by atoms with van der Waals surface area (Å²) in [6, 6.07) is 4.72. The van der Waals surface area contributed by atoms with Crippen LogP contribution in [0.15, 0.2) is 18.2 Å². The maximum Gasteiger partial charge on any atom is 0.373 e. The van der Waals surface area contributed by atoms with Crippen molar-refractivity contribution in [3.05, 3.63) is 34.9 Å². The van der Waals surface area contributed by atoms with E-state index in [1.165, 1.54) is 6.07 Å². The highest BCUT2D eigenvalue weighted by atomic mass is 79.9. The van der Waals surface area contributed by atoms with E-state index in [9.17, 15) is 9.59 Å². The van der Waals surface area contributed by atoms with Crippen molar-refractivity contribution in [3.8, 4) is 0 Å². The summed E-state index contributed by atoms with van der Waals surface area (Å²) in [6.07, 6.45) is 0.593. The lowest BCUT2D eigenvalue weighted by Gasteiger charge is -2.09. The molecule has 1 aromatic rings. The van der Waals surface area contributed by atoms with Crippen LogP contribution in [0.2, 0.25) is 0 Å². The highest BCUT2D eigenvalue weighted by Gasteiger charge is 2.16. The summed E-state index contributed by atoms with van der Waals surface area (Å²) in [5, 5.41) is 0.572. The second kappa shape index (κ2) is 8.71. The molecule has 0 amide bonds. The summed E-state index contributed by atoms with van der Waals surface area (Å²) in [6.45, 7) is 4.21. The Morgan fingerprint density at radius 2 is 1.95 bits per heavy atom. The van der Waals surface area contributed by atoms with Crippen LogP contribution in [-0.4, -0.2) is 30.5 Å². The number of carbonyl (C=O) groups excluding carboxylic acids is 2. The molecule has 0 aliphatic heterocycles. The summed E-state index contributed by atoms with van der Waals surface area (Å²) in [5.41, 5.74) is 1.51. The number of benzene rings is 1. The summed E-state index contributed by atoms with van der Waals surface area (Å²) >= 11 is 3.16. The molecule has 5 nitrogen and oxygen atoms in total. The van der Waals surface area contributed by atoms with Gasteiger partial charge >= 0.3 is 11.9 Å². The molecule has 110 valence electrons. The number of halogens is 1. The van der Waals surface area contributed by atoms with E-state index in [1.54, 1.807) is 19.1 Å². The van der Waals surface area contributed by atoms with Gasteiger partial charge in [-0.1, -0.05) is 22.9 Å². The smallest absolute Gasteiger partial charge is 0.373 e. The van der Waals surface area contributed by atoms with Crippen molar-refractivity contribution in [1.82, 2.24) is 0 Å². The summed E-state index contributed by atoms with van der Waals surface area (Å²) in [4.78, 5) is 32.9. The van der Waals surface area contributed by atoms with Gasteiger partial charge in [-0.05, 0) is 37.1 Å². The van der Waals surface area contributed by atoms with Crippen molar-refractivity contribution < 1.29 is 24.1 Å². The Bertz CT molecular complexity index is 473. The van der Waals surface area contributed by atoms with Crippen LogP contribution in [0.1, 0.15) is 40.1 Å². The minimum atomic E-state index is -0.571. The van der Waals surface area contributed by atoms with Gasteiger partial charge in [-0.25, -0.2) is 9.59 Å². The lowest BCUT2D eigenvalue weighted by molar-refractivity contribution is -0.235. The van der Waals surface area contributed by atoms with Crippen molar-refractivity contribution in [1.29, 1.82) is 0 Å². The molecule has 0 fully saturated rings. The number of hydrogen-bond donors (Lipinski definition) is 0. The van der Waals surface area contributed by atoms with Crippen LogP contribution in [0.3, 0.4) is 0 Å². The Hall–Kier alpha value is -1.40. The Kier molecular flexibility index (Phi) is 7.25. The van der Waals surface area contributed by atoms with Crippen LogP contribution in [0.25, 0.3) is 0 Å². The molecule has 0 atom stereocenters. The zero-order valence-corrected chi connectivity index (χ0v) is 13.1. The average molecular weight is 345 g/mol. The van der Waals surface area contributed by atoms with Crippen molar-refractivity contribution in [2.75, 3.05) is 18.5 Å². The molecule has 0 saturated heterocycles. The second-order valence-electron chi connectivity index (χ2n) is 3.83. The minimum Gasteiger partial charge on any atom is -0.462 e. The molecule has 0 N–H and O–H groups in total. The van der Waals surface area contributed by atoms with Crippen LogP contribution in [0.5, 0.6) is 0 Å². The standard InChI is InChI=1S/C14H17BrO5/c1-3-10-9-11(13(16)18-4-2)5-6-12(10)14(17)20-19-8-7-15/h5-6,9H,3-4,7-8H2,1-2H3. The molecule has 0 spiro atoms. The minimum absolute atomic E-state index is 0.272. The van der Waals surface area contributed by atoms with Gasteiger partial charge in [0.05, 0.1) is 17.7 Å². The predicted molar refractivity (Wildman–Crippen MR) is 76.9 cm³/mol. The lowest BCUT2D eigenvalue weighted by atomic mass is 10.0. The topological polar surface area (TPSA) is 61.8 Å². The molecule has 20 heavy (non-hydrogen) atoms. The molecule has 1 aromatic carbocycles. The molecule has 0 radical (unpaired) electrons. The number of carbonyl (C=O) groups is 2. The molecular formula is C14H17BrO5. The summed E-state index contributed by atoms with van der Waals surface area (Å²) < 4.78 is 4.92. The number of aryl methyl sites for hydroxylation is 1. The third kappa shape index (κ3) is 4.61. The molecule has 0 bridgehead atoms. The molecule has 0 aliphatic rings. The number of alkyl halides is 1. The molecule has 0 aromatic heterocycles. The first-order valence-corrected chi connectivity index (χ1v) is 7.46. The summed E-state index contributed by atoms with van der Waals surface area (Å²) in [5.74, 6) is -0.976. The van der Waals surface area contributed by atoms with Gasteiger partial charge in [0.2, 0.25) is 0 Å². The molecule has 0 unspecified atom stereocenters. The Morgan fingerprint density at radius 1 is 1.20 bits per heavy atom. The largest absolute Gasteiger partial charge is 0.462 e. The zero-order valence-electron chi connectivity index (χ0n) is 11.5. The maximum atomic E-state index is 11.8. The highest BCUT2D eigenvalue weighted by molar-refractivity contribution is 9.09. The monoisotopic (exact) mass is 344 g/mol. The van der Waals surface area contributed by atoms with Crippen molar-refractivity contribution >= 4 is 27.9 Å². The number of hydrogen-bond acceptors (Lipinski definition) is 5. The van der Waals surface area contributed by atoms with Gasteiger partial charge in [0.1, 0.15) is 6.61 Å². The summed E-state index contributed by atoms with van der Waals surface area (Å²) in [7, 11) is 0. The van der Waals surface area contributed by atoms with Crippen molar-refractivity contribution in [2.45, 2.75) is 20.3 Å². The van der Waals surface area contributed by atoms with Crippen LogP contribution in [-0.2, 0) is 20.9 Å².